The van der Waals surface area contributed by atoms with Gasteiger partial charge in [0.15, 0.2) is 11.4 Å². The molecule has 0 spiro atoms. The van der Waals surface area contributed by atoms with Crippen molar-refractivity contribution in [1.29, 1.82) is 0 Å². The minimum atomic E-state index is 0.763. The first kappa shape index (κ1) is 12.8. The quantitative estimate of drug-likeness (QED) is 0.680. The van der Waals surface area contributed by atoms with Gasteiger partial charge in [0.1, 0.15) is 5.69 Å². The lowest BCUT2D eigenvalue weighted by Crippen LogP contribution is -1.96. The van der Waals surface area contributed by atoms with Gasteiger partial charge in [0, 0.05) is 5.69 Å². The molecular formula is C13H14BrN3O. The second-order valence-electron chi connectivity index (χ2n) is 3.49. The van der Waals surface area contributed by atoms with Gasteiger partial charge < -0.3 is 4.42 Å². The first-order chi connectivity index (χ1) is 8.75. The normalized spacial score (nSPS) is 10.2. The van der Waals surface area contributed by atoms with Crippen LogP contribution < -0.4 is 0 Å². The third kappa shape index (κ3) is 2.18. The van der Waals surface area contributed by atoms with E-state index in [-0.39, 0.29) is 0 Å². The highest BCUT2D eigenvalue weighted by Crippen LogP contribution is 2.23. The summed E-state index contributed by atoms with van der Waals surface area (Å²) in [5, 5.41) is 4.22. The van der Waals surface area contributed by atoms with Gasteiger partial charge in [-0.3, -0.25) is 0 Å². The number of hydrogen-bond acceptors (Lipinski definition) is 3. The molecule has 18 heavy (non-hydrogen) atoms. The fourth-order valence-electron chi connectivity index (χ4n) is 1.64. The molecule has 0 radical (unpaired) electrons. The van der Waals surface area contributed by atoms with E-state index in [9.17, 15) is 0 Å². The Morgan fingerprint density at radius 1 is 1.33 bits per heavy atom. The standard InChI is InChI=1S/C11H8BrN3O.C2H6/c1-7-5-9(10-3-2-4-16-10)14-11-8(12)6-13-15(7)11;1-2/h2-6H,1H3;1-2H3. The van der Waals surface area contributed by atoms with Crippen molar-refractivity contribution in [2.75, 3.05) is 0 Å². The van der Waals surface area contributed by atoms with E-state index in [0.717, 1.165) is 27.3 Å². The van der Waals surface area contributed by atoms with Crippen molar-refractivity contribution >= 4 is 21.6 Å². The molecule has 0 atom stereocenters. The average molecular weight is 308 g/mol. The van der Waals surface area contributed by atoms with Crippen LogP contribution in [0, 0.1) is 6.92 Å². The Hall–Kier alpha value is -1.62. The monoisotopic (exact) mass is 307 g/mol. The van der Waals surface area contributed by atoms with Crippen LogP contribution in [0.2, 0.25) is 0 Å². The molecule has 0 unspecified atom stereocenters. The Bertz CT molecular complexity index is 644. The highest BCUT2D eigenvalue weighted by Gasteiger charge is 2.09. The van der Waals surface area contributed by atoms with Gasteiger partial charge in [-0.25, -0.2) is 9.50 Å². The molecule has 5 heteroatoms. The van der Waals surface area contributed by atoms with E-state index in [0.29, 0.717) is 0 Å². The van der Waals surface area contributed by atoms with Crippen LogP contribution in [0.4, 0.5) is 0 Å². The number of rotatable bonds is 1. The van der Waals surface area contributed by atoms with Crippen molar-refractivity contribution in [3.63, 3.8) is 0 Å². The first-order valence-electron chi connectivity index (χ1n) is 5.80. The molecule has 3 rings (SSSR count). The molecule has 0 aliphatic rings. The summed E-state index contributed by atoms with van der Waals surface area (Å²) >= 11 is 3.42. The molecule has 0 N–H and O–H groups in total. The van der Waals surface area contributed by atoms with Gasteiger partial charge in [-0.1, -0.05) is 13.8 Å². The molecule has 0 aliphatic carbocycles. The van der Waals surface area contributed by atoms with Crippen molar-refractivity contribution in [1.82, 2.24) is 14.6 Å². The van der Waals surface area contributed by atoms with E-state index in [1.807, 2.05) is 39.0 Å². The summed E-state index contributed by atoms with van der Waals surface area (Å²) in [6, 6.07) is 5.69. The highest BCUT2D eigenvalue weighted by atomic mass is 79.9. The van der Waals surface area contributed by atoms with Crippen LogP contribution in [0.15, 0.2) is 39.5 Å². The van der Waals surface area contributed by atoms with Gasteiger partial charge in [-0.05, 0) is 41.1 Å². The predicted molar refractivity (Wildman–Crippen MR) is 74.5 cm³/mol. The summed E-state index contributed by atoms with van der Waals surface area (Å²) in [6.45, 7) is 5.99. The molecule has 0 aliphatic heterocycles. The lowest BCUT2D eigenvalue weighted by molar-refractivity contribution is 0.580. The number of aromatic nitrogens is 3. The zero-order valence-electron chi connectivity index (χ0n) is 10.5. The van der Waals surface area contributed by atoms with Gasteiger partial charge in [0.25, 0.3) is 0 Å². The minimum absolute atomic E-state index is 0.763. The van der Waals surface area contributed by atoms with E-state index in [4.69, 9.17) is 4.42 Å². The highest BCUT2D eigenvalue weighted by molar-refractivity contribution is 9.10. The smallest absolute Gasteiger partial charge is 0.170 e. The summed E-state index contributed by atoms with van der Waals surface area (Å²) in [5.41, 5.74) is 2.63. The molecule has 3 heterocycles. The third-order valence-corrected chi connectivity index (χ3v) is 2.94. The van der Waals surface area contributed by atoms with Crippen molar-refractivity contribution in [3.8, 4) is 11.5 Å². The maximum Gasteiger partial charge on any atom is 0.170 e. The Balaban J connectivity index is 0.000000574. The molecule has 0 fully saturated rings. The summed E-state index contributed by atoms with van der Waals surface area (Å²) in [5.74, 6) is 0.763. The zero-order chi connectivity index (χ0) is 13.1. The number of furan rings is 1. The zero-order valence-corrected chi connectivity index (χ0v) is 12.1. The van der Waals surface area contributed by atoms with Crippen molar-refractivity contribution in [3.05, 3.63) is 40.8 Å². The van der Waals surface area contributed by atoms with Gasteiger partial charge in [0.05, 0.1) is 16.9 Å². The molecule has 0 saturated carbocycles. The van der Waals surface area contributed by atoms with Crippen LogP contribution in [0.3, 0.4) is 0 Å². The molecule has 3 aromatic rings. The third-order valence-electron chi connectivity index (χ3n) is 2.38. The lowest BCUT2D eigenvalue weighted by atomic mass is 10.3. The molecule has 3 aromatic heterocycles. The fraction of sp³-hybridized carbons (Fsp3) is 0.231. The van der Waals surface area contributed by atoms with Crippen molar-refractivity contribution in [2.45, 2.75) is 20.8 Å². The molecular weight excluding hydrogens is 294 g/mol. The minimum Gasteiger partial charge on any atom is -0.463 e. The number of fused-ring (bicyclic) bond motifs is 1. The first-order valence-corrected chi connectivity index (χ1v) is 6.60. The van der Waals surface area contributed by atoms with E-state index >= 15 is 0 Å². The molecule has 4 nitrogen and oxygen atoms in total. The van der Waals surface area contributed by atoms with E-state index < -0.39 is 0 Å². The van der Waals surface area contributed by atoms with Crippen LogP contribution in [-0.2, 0) is 0 Å². The van der Waals surface area contributed by atoms with E-state index in [1.54, 1.807) is 17.0 Å². The lowest BCUT2D eigenvalue weighted by Gasteiger charge is -2.02. The van der Waals surface area contributed by atoms with Crippen LogP contribution >= 0.6 is 15.9 Å². The topological polar surface area (TPSA) is 43.3 Å². The van der Waals surface area contributed by atoms with E-state index in [2.05, 4.69) is 26.0 Å². The maximum absolute atomic E-state index is 5.33. The molecule has 0 amide bonds. The fourth-order valence-corrected chi connectivity index (χ4v) is 1.98. The van der Waals surface area contributed by atoms with E-state index in [1.165, 1.54) is 0 Å². The SMILES string of the molecule is CC.Cc1cc(-c2ccco2)nc2c(Br)cnn12. The summed E-state index contributed by atoms with van der Waals surface area (Å²) in [6.07, 6.45) is 3.38. The molecule has 94 valence electrons. The number of halogens is 1. The number of nitrogens with zero attached hydrogens (tertiary/aromatic N) is 3. The van der Waals surface area contributed by atoms with Crippen LogP contribution in [-0.4, -0.2) is 14.6 Å². The van der Waals surface area contributed by atoms with Crippen LogP contribution in [0.25, 0.3) is 17.1 Å². The Morgan fingerprint density at radius 2 is 2.11 bits per heavy atom. The number of hydrogen-bond donors (Lipinski definition) is 0. The maximum atomic E-state index is 5.33. The second-order valence-corrected chi connectivity index (χ2v) is 4.34. The molecule has 0 aromatic carbocycles. The van der Waals surface area contributed by atoms with Crippen molar-refractivity contribution < 1.29 is 4.42 Å². The largest absolute Gasteiger partial charge is 0.463 e. The Labute approximate surface area is 114 Å². The van der Waals surface area contributed by atoms with Crippen molar-refractivity contribution in [2.24, 2.45) is 0 Å². The molecule has 0 bridgehead atoms. The Morgan fingerprint density at radius 3 is 2.78 bits per heavy atom. The van der Waals surface area contributed by atoms with Crippen LogP contribution in [0.5, 0.6) is 0 Å². The summed E-state index contributed by atoms with van der Waals surface area (Å²) < 4.78 is 8.00. The molecule has 0 saturated heterocycles. The average Bonchev–Trinajstić information content (AvgIpc) is 3.02. The second kappa shape index (κ2) is 5.35. The van der Waals surface area contributed by atoms with Gasteiger partial charge in [0.2, 0.25) is 0 Å². The van der Waals surface area contributed by atoms with Gasteiger partial charge >= 0.3 is 0 Å². The van der Waals surface area contributed by atoms with Gasteiger partial charge in [-0.15, -0.1) is 0 Å². The predicted octanol–water partition coefficient (Wildman–Crippen LogP) is 4.09. The summed E-state index contributed by atoms with van der Waals surface area (Å²) in [4.78, 5) is 4.50. The summed E-state index contributed by atoms with van der Waals surface area (Å²) in [7, 11) is 0. The Kier molecular flexibility index (Phi) is 3.81. The van der Waals surface area contributed by atoms with Gasteiger partial charge in [-0.2, -0.15) is 5.10 Å². The van der Waals surface area contributed by atoms with Crippen LogP contribution in [0.1, 0.15) is 19.5 Å². The number of aryl methyl sites for hydroxylation is 1.